The monoisotopic (exact) mass is 323 g/mol. The summed E-state index contributed by atoms with van der Waals surface area (Å²) in [7, 11) is 0. The molecule has 0 saturated carbocycles. The first-order chi connectivity index (χ1) is 10.7. The first-order valence-corrected chi connectivity index (χ1v) is 7.49. The van der Waals surface area contributed by atoms with Gasteiger partial charge in [-0.15, -0.1) is 0 Å². The number of primary amides is 1. The maximum absolute atomic E-state index is 13.8. The Labute approximate surface area is 135 Å². The molecule has 1 aliphatic rings. The molecule has 0 bridgehead atoms. The number of hydrogen-bond acceptors (Lipinski definition) is 4. The molecule has 1 saturated heterocycles. The van der Waals surface area contributed by atoms with Crippen LogP contribution in [0.25, 0.3) is 0 Å². The SMILES string of the molecule is CC(C)(C)OC(=O)N1CCN(c2ccc(C(N)=O)c(F)c2)CC1. The lowest BCUT2D eigenvalue weighted by molar-refractivity contribution is 0.0240. The summed E-state index contributed by atoms with van der Waals surface area (Å²) in [5.74, 6) is -1.42. The molecule has 1 aromatic rings. The molecule has 0 aromatic heterocycles. The van der Waals surface area contributed by atoms with E-state index in [0.29, 0.717) is 31.9 Å². The summed E-state index contributed by atoms with van der Waals surface area (Å²) in [6.07, 6.45) is -0.340. The van der Waals surface area contributed by atoms with E-state index in [2.05, 4.69) is 0 Å². The van der Waals surface area contributed by atoms with E-state index in [1.165, 1.54) is 12.1 Å². The predicted octanol–water partition coefficient (Wildman–Crippen LogP) is 1.98. The van der Waals surface area contributed by atoms with Gasteiger partial charge in [0.2, 0.25) is 0 Å². The molecule has 0 radical (unpaired) electrons. The summed E-state index contributed by atoms with van der Waals surface area (Å²) in [4.78, 5) is 26.6. The van der Waals surface area contributed by atoms with Gasteiger partial charge in [-0.25, -0.2) is 9.18 Å². The Morgan fingerprint density at radius 2 is 1.78 bits per heavy atom. The Bertz CT molecular complexity index is 605. The number of amides is 2. The Morgan fingerprint density at radius 1 is 1.17 bits per heavy atom. The number of benzene rings is 1. The van der Waals surface area contributed by atoms with Crippen LogP contribution in [-0.4, -0.2) is 48.7 Å². The van der Waals surface area contributed by atoms with Crippen LogP contribution in [-0.2, 0) is 4.74 Å². The second-order valence-electron chi connectivity index (χ2n) is 6.48. The molecular weight excluding hydrogens is 301 g/mol. The Balaban J connectivity index is 1.98. The van der Waals surface area contributed by atoms with Gasteiger partial charge in [0.15, 0.2) is 0 Å². The number of nitrogens with zero attached hydrogens (tertiary/aromatic N) is 2. The molecule has 0 atom stereocenters. The highest BCUT2D eigenvalue weighted by molar-refractivity contribution is 5.93. The van der Waals surface area contributed by atoms with Crippen molar-refractivity contribution in [1.29, 1.82) is 0 Å². The number of carbonyl (C=O) groups is 2. The van der Waals surface area contributed by atoms with Crippen molar-refractivity contribution in [3.05, 3.63) is 29.6 Å². The molecule has 1 heterocycles. The van der Waals surface area contributed by atoms with Crippen LogP contribution in [0.5, 0.6) is 0 Å². The molecule has 2 N–H and O–H groups in total. The smallest absolute Gasteiger partial charge is 0.410 e. The van der Waals surface area contributed by atoms with Crippen molar-refractivity contribution in [3.63, 3.8) is 0 Å². The summed E-state index contributed by atoms with van der Waals surface area (Å²) in [6.45, 7) is 7.59. The number of piperazine rings is 1. The van der Waals surface area contributed by atoms with Crippen molar-refractivity contribution < 1.29 is 18.7 Å². The second kappa shape index (κ2) is 6.44. The highest BCUT2D eigenvalue weighted by Crippen LogP contribution is 2.21. The topological polar surface area (TPSA) is 75.9 Å². The molecule has 23 heavy (non-hydrogen) atoms. The first kappa shape index (κ1) is 17.1. The maximum atomic E-state index is 13.8. The minimum Gasteiger partial charge on any atom is -0.444 e. The molecule has 1 aliphatic heterocycles. The fraction of sp³-hybridized carbons (Fsp3) is 0.500. The van der Waals surface area contributed by atoms with Crippen molar-refractivity contribution in [2.75, 3.05) is 31.1 Å². The van der Waals surface area contributed by atoms with Crippen molar-refractivity contribution in [3.8, 4) is 0 Å². The van der Waals surface area contributed by atoms with E-state index in [0.717, 1.165) is 0 Å². The number of ether oxygens (including phenoxy) is 1. The standard InChI is InChI=1S/C16H22FN3O3/c1-16(2,3)23-15(22)20-8-6-19(7-9-20)11-4-5-12(14(18)21)13(17)10-11/h4-5,10H,6-9H2,1-3H3,(H2,18,21). The van der Waals surface area contributed by atoms with Crippen LogP contribution in [0.4, 0.5) is 14.9 Å². The molecule has 126 valence electrons. The lowest BCUT2D eigenvalue weighted by Crippen LogP contribution is -2.50. The fourth-order valence-corrected chi connectivity index (χ4v) is 2.37. The normalized spacial score (nSPS) is 15.5. The molecule has 2 amide bonds. The third-order valence-corrected chi connectivity index (χ3v) is 3.51. The summed E-state index contributed by atoms with van der Waals surface area (Å²) in [5, 5.41) is 0. The Kier molecular flexibility index (Phi) is 4.77. The Morgan fingerprint density at radius 3 is 2.26 bits per heavy atom. The van der Waals surface area contributed by atoms with Gasteiger partial charge in [-0.1, -0.05) is 0 Å². The molecule has 1 fully saturated rings. The minimum absolute atomic E-state index is 0.124. The number of rotatable bonds is 2. The molecule has 0 unspecified atom stereocenters. The predicted molar refractivity (Wildman–Crippen MR) is 84.9 cm³/mol. The van der Waals surface area contributed by atoms with Gasteiger partial charge in [-0.3, -0.25) is 4.79 Å². The van der Waals surface area contributed by atoms with Crippen LogP contribution < -0.4 is 10.6 Å². The van der Waals surface area contributed by atoms with Gasteiger partial charge < -0.3 is 20.3 Å². The van der Waals surface area contributed by atoms with Gasteiger partial charge in [-0.2, -0.15) is 0 Å². The van der Waals surface area contributed by atoms with Gasteiger partial charge in [-0.05, 0) is 39.0 Å². The molecular formula is C16H22FN3O3. The van der Waals surface area contributed by atoms with Crippen molar-refractivity contribution in [1.82, 2.24) is 4.90 Å². The van der Waals surface area contributed by atoms with Crippen LogP contribution in [0.2, 0.25) is 0 Å². The molecule has 1 aromatic carbocycles. The summed E-state index contributed by atoms with van der Waals surface area (Å²) < 4.78 is 19.2. The van der Waals surface area contributed by atoms with Crippen molar-refractivity contribution >= 4 is 17.7 Å². The zero-order valence-corrected chi connectivity index (χ0v) is 13.6. The van der Waals surface area contributed by atoms with Crippen LogP contribution in [0.1, 0.15) is 31.1 Å². The number of halogens is 1. The maximum Gasteiger partial charge on any atom is 0.410 e. The van der Waals surface area contributed by atoms with E-state index >= 15 is 0 Å². The molecule has 2 rings (SSSR count). The van der Waals surface area contributed by atoms with E-state index in [-0.39, 0.29) is 11.7 Å². The number of nitrogens with two attached hydrogens (primary N) is 1. The van der Waals surface area contributed by atoms with E-state index in [9.17, 15) is 14.0 Å². The van der Waals surface area contributed by atoms with E-state index in [4.69, 9.17) is 10.5 Å². The summed E-state index contributed by atoms with van der Waals surface area (Å²) in [6, 6.07) is 4.34. The van der Waals surface area contributed by atoms with Gasteiger partial charge >= 0.3 is 6.09 Å². The van der Waals surface area contributed by atoms with E-state index in [1.54, 1.807) is 11.0 Å². The largest absolute Gasteiger partial charge is 0.444 e. The van der Waals surface area contributed by atoms with E-state index < -0.39 is 17.3 Å². The van der Waals surface area contributed by atoms with Crippen LogP contribution in [0, 0.1) is 5.82 Å². The molecule has 7 heteroatoms. The average molecular weight is 323 g/mol. The quantitative estimate of drug-likeness (QED) is 0.903. The lowest BCUT2D eigenvalue weighted by atomic mass is 10.1. The minimum atomic E-state index is -0.788. The second-order valence-corrected chi connectivity index (χ2v) is 6.48. The molecule has 0 spiro atoms. The van der Waals surface area contributed by atoms with Gasteiger partial charge in [0, 0.05) is 31.9 Å². The van der Waals surface area contributed by atoms with Crippen LogP contribution in [0.3, 0.4) is 0 Å². The zero-order valence-electron chi connectivity index (χ0n) is 13.6. The van der Waals surface area contributed by atoms with Gasteiger partial charge in [0.05, 0.1) is 5.56 Å². The number of anilines is 1. The zero-order chi connectivity index (χ0) is 17.2. The van der Waals surface area contributed by atoms with Crippen LogP contribution >= 0.6 is 0 Å². The Hall–Kier alpha value is -2.31. The van der Waals surface area contributed by atoms with Crippen molar-refractivity contribution in [2.45, 2.75) is 26.4 Å². The van der Waals surface area contributed by atoms with Crippen LogP contribution in [0.15, 0.2) is 18.2 Å². The third kappa shape index (κ3) is 4.34. The highest BCUT2D eigenvalue weighted by atomic mass is 19.1. The van der Waals surface area contributed by atoms with Crippen molar-refractivity contribution in [2.24, 2.45) is 5.73 Å². The summed E-state index contributed by atoms with van der Waals surface area (Å²) >= 11 is 0. The van der Waals surface area contributed by atoms with Gasteiger partial charge in [0.1, 0.15) is 11.4 Å². The third-order valence-electron chi connectivity index (χ3n) is 3.51. The van der Waals surface area contributed by atoms with Gasteiger partial charge in [0.25, 0.3) is 5.91 Å². The highest BCUT2D eigenvalue weighted by Gasteiger charge is 2.26. The first-order valence-electron chi connectivity index (χ1n) is 7.49. The lowest BCUT2D eigenvalue weighted by Gasteiger charge is -2.36. The number of hydrogen-bond donors (Lipinski definition) is 1. The van der Waals surface area contributed by atoms with E-state index in [1.807, 2.05) is 25.7 Å². The number of carbonyl (C=O) groups excluding carboxylic acids is 2. The summed E-state index contributed by atoms with van der Waals surface area (Å²) in [5.41, 5.74) is 5.11. The average Bonchev–Trinajstić information content (AvgIpc) is 2.45. The molecule has 6 nitrogen and oxygen atoms in total. The molecule has 0 aliphatic carbocycles. The fourth-order valence-electron chi connectivity index (χ4n) is 2.37.